The van der Waals surface area contributed by atoms with E-state index < -0.39 is 0 Å². The Kier molecular flexibility index (Phi) is 2.96. The van der Waals surface area contributed by atoms with Crippen molar-refractivity contribution in [2.75, 3.05) is 0 Å². The molecule has 0 saturated heterocycles. The molecule has 1 aliphatic carbocycles. The van der Waals surface area contributed by atoms with E-state index >= 15 is 0 Å². The molecule has 0 amide bonds. The minimum absolute atomic E-state index is 0.658. The SMILES string of the molecule is CCC(Br)C1CCc2ccc(C)cc21. The number of fused-ring (bicyclic) bond motifs is 1. The van der Waals surface area contributed by atoms with Crippen molar-refractivity contribution >= 4 is 15.9 Å². The third kappa shape index (κ3) is 1.75. The fourth-order valence-electron chi connectivity index (χ4n) is 2.41. The van der Waals surface area contributed by atoms with Crippen LogP contribution in [0.2, 0.25) is 0 Å². The maximum Gasteiger partial charge on any atom is 0.0212 e. The summed E-state index contributed by atoms with van der Waals surface area (Å²) in [5, 5.41) is 0. The summed E-state index contributed by atoms with van der Waals surface area (Å²) in [6.07, 6.45) is 3.81. The third-order valence-electron chi connectivity index (χ3n) is 3.25. The molecule has 1 aromatic carbocycles. The van der Waals surface area contributed by atoms with E-state index in [0.29, 0.717) is 4.83 Å². The van der Waals surface area contributed by atoms with Crippen molar-refractivity contribution in [2.24, 2.45) is 0 Å². The highest BCUT2D eigenvalue weighted by Gasteiger charge is 2.26. The Morgan fingerprint density at radius 2 is 2.29 bits per heavy atom. The number of hydrogen-bond acceptors (Lipinski definition) is 0. The Balaban J connectivity index is 2.33. The topological polar surface area (TPSA) is 0 Å². The molecule has 1 heteroatoms. The molecule has 2 rings (SSSR count). The van der Waals surface area contributed by atoms with E-state index in [1.165, 1.54) is 24.8 Å². The Hall–Kier alpha value is -0.300. The highest BCUT2D eigenvalue weighted by molar-refractivity contribution is 9.09. The van der Waals surface area contributed by atoms with Gasteiger partial charge < -0.3 is 0 Å². The van der Waals surface area contributed by atoms with Gasteiger partial charge in [0.15, 0.2) is 0 Å². The van der Waals surface area contributed by atoms with Gasteiger partial charge in [0, 0.05) is 4.83 Å². The highest BCUT2D eigenvalue weighted by Crippen LogP contribution is 2.39. The van der Waals surface area contributed by atoms with Gasteiger partial charge >= 0.3 is 0 Å². The molecule has 0 heterocycles. The zero-order valence-electron chi connectivity index (χ0n) is 8.89. The maximum absolute atomic E-state index is 3.80. The predicted molar refractivity (Wildman–Crippen MR) is 65.2 cm³/mol. The Morgan fingerprint density at radius 1 is 1.50 bits per heavy atom. The standard InChI is InChI=1S/C13H17Br/c1-3-13(14)11-7-6-10-5-4-9(2)8-12(10)11/h4-5,8,11,13H,3,6-7H2,1-2H3. The van der Waals surface area contributed by atoms with Gasteiger partial charge in [-0.25, -0.2) is 0 Å². The number of benzene rings is 1. The molecule has 1 aromatic rings. The van der Waals surface area contributed by atoms with Gasteiger partial charge in [0.25, 0.3) is 0 Å². The molecule has 0 radical (unpaired) electrons. The molecule has 2 unspecified atom stereocenters. The summed E-state index contributed by atoms with van der Waals surface area (Å²) in [5.74, 6) is 0.745. The van der Waals surface area contributed by atoms with Crippen molar-refractivity contribution < 1.29 is 0 Å². The predicted octanol–water partition coefficient (Wildman–Crippen LogP) is 4.20. The lowest BCUT2D eigenvalue weighted by Gasteiger charge is -2.17. The number of halogens is 1. The van der Waals surface area contributed by atoms with E-state index in [0.717, 1.165) is 5.92 Å². The zero-order valence-corrected chi connectivity index (χ0v) is 10.5. The number of aryl methyl sites for hydroxylation is 2. The highest BCUT2D eigenvalue weighted by atomic mass is 79.9. The first-order valence-electron chi connectivity index (χ1n) is 5.46. The average molecular weight is 253 g/mol. The molecule has 0 saturated carbocycles. The van der Waals surface area contributed by atoms with Gasteiger partial charge in [-0.15, -0.1) is 0 Å². The minimum Gasteiger partial charge on any atom is -0.0884 e. The quantitative estimate of drug-likeness (QED) is 0.693. The lowest BCUT2D eigenvalue weighted by atomic mass is 9.95. The summed E-state index contributed by atoms with van der Waals surface area (Å²) in [4.78, 5) is 0.658. The van der Waals surface area contributed by atoms with E-state index in [2.05, 4.69) is 48.0 Å². The molecular formula is C13H17Br. The second kappa shape index (κ2) is 4.06. The molecule has 0 nitrogen and oxygen atoms in total. The molecule has 14 heavy (non-hydrogen) atoms. The van der Waals surface area contributed by atoms with Crippen molar-refractivity contribution in [1.29, 1.82) is 0 Å². The average Bonchev–Trinajstić information content (AvgIpc) is 2.59. The van der Waals surface area contributed by atoms with Crippen LogP contribution in [0.15, 0.2) is 18.2 Å². The van der Waals surface area contributed by atoms with Crippen LogP contribution < -0.4 is 0 Å². The van der Waals surface area contributed by atoms with Crippen LogP contribution in [0.25, 0.3) is 0 Å². The van der Waals surface area contributed by atoms with Crippen molar-refractivity contribution in [3.63, 3.8) is 0 Å². The number of hydrogen-bond donors (Lipinski definition) is 0. The molecular weight excluding hydrogens is 236 g/mol. The van der Waals surface area contributed by atoms with Gasteiger partial charge in [0.1, 0.15) is 0 Å². The monoisotopic (exact) mass is 252 g/mol. The van der Waals surface area contributed by atoms with Gasteiger partial charge in [-0.3, -0.25) is 0 Å². The van der Waals surface area contributed by atoms with Gasteiger partial charge in [0.2, 0.25) is 0 Å². The van der Waals surface area contributed by atoms with E-state index in [-0.39, 0.29) is 0 Å². The second-order valence-corrected chi connectivity index (χ2v) is 5.45. The largest absolute Gasteiger partial charge is 0.0884 e. The first kappa shape index (κ1) is 10.2. The first-order valence-corrected chi connectivity index (χ1v) is 6.37. The van der Waals surface area contributed by atoms with Crippen molar-refractivity contribution in [2.45, 2.75) is 43.9 Å². The molecule has 1 aliphatic rings. The van der Waals surface area contributed by atoms with Gasteiger partial charge in [-0.2, -0.15) is 0 Å². The summed E-state index contributed by atoms with van der Waals surface area (Å²) in [6, 6.07) is 6.91. The zero-order chi connectivity index (χ0) is 10.1. The molecule has 0 aromatic heterocycles. The normalized spacial score (nSPS) is 22.1. The van der Waals surface area contributed by atoms with Crippen LogP contribution >= 0.6 is 15.9 Å². The van der Waals surface area contributed by atoms with Crippen LogP contribution in [0, 0.1) is 6.92 Å². The molecule has 2 atom stereocenters. The van der Waals surface area contributed by atoms with Crippen LogP contribution in [0.5, 0.6) is 0 Å². The Bertz CT molecular complexity index is 330. The number of alkyl halides is 1. The van der Waals surface area contributed by atoms with E-state index in [1.54, 1.807) is 11.1 Å². The van der Waals surface area contributed by atoms with Crippen LogP contribution in [-0.4, -0.2) is 4.83 Å². The first-order chi connectivity index (χ1) is 6.72. The summed E-state index contributed by atoms with van der Waals surface area (Å²) in [5.41, 5.74) is 4.55. The molecule has 0 aliphatic heterocycles. The number of rotatable bonds is 2. The summed E-state index contributed by atoms with van der Waals surface area (Å²) < 4.78 is 0. The Morgan fingerprint density at radius 3 is 3.00 bits per heavy atom. The molecule has 0 spiro atoms. The molecule has 0 fully saturated rings. The van der Waals surface area contributed by atoms with Crippen molar-refractivity contribution in [1.82, 2.24) is 0 Å². The summed E-state index contributed by atoms with van der Waals surface area (Å²) in [7, 11) is 0. The minimum atomic E-state index is 0.658. The maximum atomic E-state index is 3.80. The van der Waals surface area contributed by atoms with Crippen LogP contribution in [0.4, 0.5) is 0 Å². The lowest BCUT2D eigenvalue weighted by molar-refractivity contribution is 0.632. The molecule has 0 bridgehead atoms. The smallest absolute Gasteiger partial charge is 0.0212 e. The Labute approximate surface area is 94.8 Å². The molecule has 76 valence electrons. The fourth-order valence-corrected chi connectivity index (χ4v) is 2.96. The fraction of sp³-hybridized carbons (Fsp3) is 0.538. The van der Waals surface area contributed by atoms with E-state index in [4.69, 9.17) is 0 Å². The lowest BCUT2D eigenvalue weighted by Crippen LogP contribution is -2.08. The van der Waals surface area contributed by atoms with E-state index in [1.807, 2.05) is 0 Å². The van der Waals surface area contributed by atoms with Crippen LogP contribution in [-0.2, 0) is 6.42 Å². The van der Waals surface area contributed by atoms with Gasteiger partial charge in [0.05, 0.1) is 0 Å². The van der Waals surface area contributed by atoms with Gasteiger partial charge in [-0.05, 0) is 43.2 Å². The van der Waals surface area contributed by atoms with Crippen molar-refractivity contribution in [3.8, 4) is 0 Å². The summed E-state index contributed by atoms with van der Waals surface area (Å²) in [6.45, 7) is 4.44. The molecule has 0 N–H and O–H groups in total. The van der Waals surface area contributed by atoms with Crippen LogP contribution in [0.1, 0.15) is 42.4 Å². The van der Waals surface area contributed by atoms with Crippen molar-refractivity contribution in [3.05, 3.63) is 34.9 Å². The summed E-state index contributed by atoms with van der Waals surface area (Å²) >= 11 is 3.80. The second-order valence-electron chi connectivity index (χ2n) is 4.27. The van der Waals surface area contributed by atoms with Gasteiger partial charge in [-0.1, -0.05) is 46.6 Å². The van der Waals surface area contributed by atoms with Crippen LogP contribution in [0.3, 0.4) is 0 Å². The third-order valence-corrected chi connectivity index (χ3v) is 4.54. The van der Waals surface area contributed by atoms with E-state index in [9.17, 15) is 0 Å².